The molecule has 3 fully saturated rings. The van der Waals surface area contributed by atoms with Crippen LogP contribution in [-0.2, 0) is 17.8 Å². The largest absolute Gasteiger partial charge is 0.503 e. The monoisotopic (exact) mass is 1110 g/mol. The number of halogens is 6. The first-order chi connectivity index (χ1) is 35.5. The average Bonchev–Trinajstić information content (AvgIpc) is 3.83. The van der Waals surface area contributed by atoms with Gasteiger partial charge in [0.25, 0.3) is 23.6 Å². The Balaban J connectivity index is 0.000000174. The van der Waals surface area contributed by atoms with Crippen LogP contribution < -0.4 is 32.1 Å². The summed E-state index contributed by atoms with van der Waals surface area (Å²) >= 11 is 5.06. The minimum absolute atomic E-state index is 0.173. The number of rotatable bonds is 7. The lowest BCUT2D eigenvalue weighted by atomic mass is 10.1. The molecule has 3 atom stereocenters. The van der Waals surface area contributed by atoms with Crippen LogP contribution in [0.3, 0.4) is 0 Å². The predicted molar refractivity (Wildman–Crippen MR) is 268 cm³/mol. The molecule has 27 heteroatoms. The Morgan fingerprint density at radius 2 is 1.08 bits per heavy atom. The Bertz CT molecular complexity index is 2790. The van der Waals surface area contributed by atoms with Crippen LogP contribution in [0.4, 0.5) is 31.1 Å². The molecule has 4 bridgehead atoms. The highest BCUT2D eigenvalue weighted by molar-refractivity contribution is 7.99. The zero-order valence-electron chi connectivity index (χ0n) is 40.5. The number of fused-ring (bicyclic) bond motifs is 8. The number of carbonyl (C=O) groups excluding carboxylic acids is 5. The number of hydrogen-bond donors (Lipinski definition) is 6. The summed E-state index contributed by atoms with van der Waals surface area (Å²) in [6.45, 7) is 7.92. The number of ether oxygens (including phenoxy) is 1. The van der Waals surface area contributed by atoms with Crippen LogP contribution in [0.15, 0.2) is 46.2 Å². The maximum absolute atomic E-state index is 13.8. The fraction of sp³-hybridized carbons (Fsp3) is 0.438. The lowest BCUT2D eigenvalue weighted by molar-refractivity contribution is 0.0508. The van der Waals surface area contributed by atoms with E-state index in [9.17, 15) is 70.1 Å². The van der Waals surface area contributed by atoms with Crippen molar-refractivity contribution >= 4 is 65.0 Å². The normalized spacial score (nSPS) is 19.0. The molecule has 3 unspecified atom stereocenters. The highest BCUT2D eigenvalue weighted by Gasteiger charge is 2.38. The molecule has 75 heavy (non-hydrogen) atoms. The van der Waals surface area contributed by atoms with E-state index < -0.39 is 122 Å². The van der Waals surface area contributed by atoms with E-state index in [4.69, 9.17) is 4.74 Å². The Hall–Kier alpha value is -6.32. The summed E-state index contributed by atoms with van der Waals surface area (Å²) < 4.78 is 89.2. The fourth-order valence-electron chi connectivity index (χ4n) is 8.43. The van der Waals surface area contributed by atoms with E-state index in [1.54, 1.807) is 33.3 Å². The minimum Gasteiger partial charge on any atom is -0.503 e. The Morgan fingerprint density at radius 3 is 1.49 bits per heavy atom. The van der Waals surface area contributed by atoms with Gasteiger partial charge in [0.2, 0.25) is 10.9 Å². The van der Waals surface area contributed by atoms with E-state index in [-0.39, 0.29) is 35.6 Å². The van der Waals surface area contributed by atoms with Crippen LogP contribution in [0.1, 0.15) is 85.7 Å². The zero-order valence-corrected chi connectivity index (χ0v) is 43.0. The first kappa shape index (κ1) is 56.4. The molecule has 0 aliphatic carbocycles. The van der Waals surface area contributed by atoms with Crippen molar-refractivity contribution in [3.05, 3.63) is 126 Å². The summed E-state index contributed by atoms with van der Waals surface area (Å²) in [4.78, 5) is 90.0. The molecule has 404 valence electrons. The van der Waals surface area contributed by atoms with Crippen molar-refractivity contribution in [2.75, 3.05) is 73.8 Å². The molecule has 2 aromatic carbocycles. The number of carbonyl (C=O) groups is 5. The molecule has 9 rings (SSSR count). The molecule has 4 aromatic rings. The van der Waals surface area contributed by atoms with Gasteiger partial charge in [0, 0.05) is 135 Å². The van der Waals surface area contributed by atoms with Crippen molar-refractivity contribution in [1.29, 1.82) is 0 Å². The van der Waals surface area contributed by atoms with Crippen LogP contribution >= 0.6 is 35.3 Å². The smallest absolute Gasteiger partial charge is 0.407 e. The van der Waals surface area contributed by atoms with Crippen molar-refractivity contribution in [2.24, 2.45) is 0 Å². The number of amides is 5. The van der Waals surface area contributed by atoms with E-state index in [0.717, 1.165) is 24.6 Å². The highest BCUT2D eigenvalue weighted by Crippen LogP contribution is 2.33. The Kier molecular flexibility index (Phi) is 18.1. The lowest BCUT2D eigenvalue weighted by Crippen LogP contribution is -2.45. The average molecular weight is 1110 g/mol. The van der Waals surface area contributed by atoms with Gasteiger partial charge in [-0.2, -0.15) is 35.3 Å². The maximum atomic E-state index is 13.8. The molecule has 7 heterocycles. The van der Waals surface area contributed by atoms with Crippen molar-refractivity contribution in [2.45, 2.75) is 57.6 Å². The molecular weight excluding hydrogens is 1060 g/mol. The van der Waals surface area contributed by atoms with Crippen LogP contribution in [-0.4, -0.2) is 144 Å². The summed E-state index contributed by atoms with van der Waals surface area (Å²) in [6, 6.07) is 1.60. The van der Waals surface area contributed by atoms with Crippen LogP contribution in [0, 0.1) is 34.9 Å². The van der Waals surface area contributed by atoms with Gasteiger partial charge in [-0.25, -0.2) is 31.1 Å². The summed E-state index contributed by atoms with van der Waals surface area (Å²) in [5.74, 6) is -6.84. The van der Waals surface area contributed by atoms with Crippen LogP contribution in [0.25, 0.3) is 0 Å². The highest BCUT2D eigenvalue weighted by atomic mass is 32.2. The van der Waals surface area contributed by atoms with Gasteiger partial charge < -0.3 is 55.2 Å². The van der Waals surface area contributed by atoms with E-state index in [1.165, 1.54) is 21.5 Å². The summed E-state index contributed by atoms with van der Waals surface area (Å²) in [5.41, 5.74) is -4.95. The van der Waals surface area contributed by atoms with Gasteiger partial charge in [0.15, 0.2) is 22.9 Å². The molecule has 18 nitrogen and oxygen atoms in total. The first-order valence-electron chi connectivity index (χ1n) is 23.3. The van der Waals surface area contributed by atoms with E-state index in [0.29, 0.717) is 73.5 Å². The molecule has 5 aliphatic rings. The Morgan fingerprint density at radius 1 is 0.667 bits per heavy atom. The molecule has 0 spiro atoms. The van der Waals surface area contributed by atoms with Crippen LogP contribution in [0.5, 0.6) is 11.5 Å². The third-order valence-electron chi connectivity index (χ3n) is 12.1. The number of nitrogens with one attached hydrogen (secondary N) is 4. The van der Waals surface area contributed by atoms with Gasteiger partial charge in [-0.05, 0) is 20.8 Å². The first-order valence-corrected chi connectivity index (χ1v) is 26.8. The van der Waals surface area contributed by atoms with Crippen molar-refractivity contribution in [3.63, 3.8) is 0 Å². The second-order valence-corrected chi connectivity index (χ2v) is 22.0. The number of benzene rings is 2. The number of aromatic nitrogens is 2. The summed E-state index contributed by atoms with van der Waals surface area (Å²) in [5, 5.41) is 31.3. The van der Waals surface area contributed by atoms with Gasteiger partial charge >= 0.3 is 6.09 Å². The van der Waals surface area contributed by atoms with Gasteiger partial charge in [0.05, 0.1) is 18.1 Å². The van der Waals surface area contributed by atoms with Gasteiger partial charge in [-0.15, -0.1) is 0 Å². The third kappa shape index (κ3) is 13.4. The van der Waals surface area contributed by atoms with Crippen molar-refractivity contribution in [3.8, 4) is 11.5 Å². The fourth-order valence-corrected chi connectivity index (χ4v) is 11.5. The molecule has 2 aromatic heterocycles. The molecule has 0 radical (unpaired) electrons. The van der Waals surface area contributed by atoms with Crippen LogP contribution in [0.2, 0.25) is 0 Å². The number of alkyl carbamates (subject to hydrolysis) is 1. The molecule has 5 amide bonds. The lowest BCUT2D eigenvalue weighted by Gasteiger charge is -2.34. The second kappa shape index (κ2) is 24.1. The molecule has 3 saturated heterocycles. The molecule has 0 saturated carbocycles. The number of aromatic hydroxyl groups is 2. The zero-order chi connectivity index (χ0) is 54.5. The van der Waals surface area contributed by atoms with E-state index in [2.05, 4.69) is 21.3 Å². The number of pyridine rings is 2. The van der Waals surface area contributed by atoms with Gasteiger partial charge in [-0.3, -0.25) is 28.8 Å². The number of hydrogen-bond acceptors (Lipinski definition) is 14. The number of nitrogens with zero attached hydrogens (tertiary/aromatic N) is 4. The predicted octanol–water partition coefficient (Wildman–Crippen LogP) is 4.51. The topological polar surface area (TPSA) is 234 Å². The summed E-state index contributed by atoms with van der Waals surface area (Å²) in [7, 11) is 0. The summed E-state index contributed by atoms with van der Waals surface area (Å²) in [6.07, 6.45) is 2.06. The SMILES string of the molecule is CC(C)(C)OC(=O)NC1CNCCSC1.O=C(NCc1c(F)cc(F)cc1F)c1cn2c(c(O)c1=O)C(=O)N1CCSCC2C1.O=C(NCc1c(F)cc(F)cc1F)c1cn2c(c(O)c1=O)C(=O)N1CCSCC2C1. The maximum Gasteiger partial charge on any atom is 0.407 e. The van der Waals surface area contributed by atoms with Crippen molar-refractivity contribution in [1.82, 2.24) is 40.2 Å². The number of thioether (sulfide) groups is 3. The second-order valence-electron chi connectivity index (χ2n) is 18.6. The molecule has 6 N–H and O–H groups in total. The van der Waals surface area contributed by atoms with Gasteiger partial charge in [0.1, 0.15) is 51.6 Å². The standard InChI is InChI=1S/2C19H16F3N3O4S.C10H20N2O2S/c2*20-9-3-13(21)11(14(22)4-9)5-23-18(28)12-7-25-10-6-24(1-2-30-8-10)19(29)15(25)17(27)16(12)26;1-10(2,3)14-9(13)12-8-6-11-4-5-15-7-8/h2*3-4,7,10,27H,1-2,5-6,8H2,(H,23,28);8,11H,4-7H2,1-3H3,(H,12,13). The molecule has 5 aliphatic heterocycles. The third-order valence-corrected chi connectivity index (χ3v) is 15.4. The van der Waals surface area contributed by atoms with E-state index >= 15 is 0 Å². The Labute approximate surface area is 437 Å². The minimum atomic E-state index is -1.18. The quantitative estimate of drug-likeness (QED) is 0.140. The van der Waals surface area contributed by atoms with Crippen molar-refractivity contribution < 1.29 is 65.3 Å². The molecular formula is C48H52F6N8O10S3. The van der Waals surface area contributed by atoms with Gasteiger partial charge in [-0.1, -0.05) is 0 Å². The van der Waals surface area contributed by atoms with E-state index in [1.807, 2.05) is 32.5 Å².